The van der Waals surface area contributed by atoms with E-state index in [4.69, 9.17) is 23.2 Å². The Morgan fingerprint density at radius 1 is 1.03 bits per heavy atom. The first kappa shape index (κ1) is 24.6. The maximum Gasteiger partial charge on any atom is 0.243 e. The molecule has 0 unspecified atom stereocenters. The fourth-order valence-corrected chi connectivity index (χ4v) is 4.07. The fourth-order valence-electron chi connectivity index (χ4n) is 2.94. The summed E-state index contributed by atoms with van der Waals surface area (Å²) >= 11 is 13.7. The molecule has 0 bridgehead atoms. The van der Waals surface area contributed by atoms with Crippen LogP contribution in [-0.2, 0) is 16.1 Å². The van der Waals surface area contributed by atoms with Crippen molar-refractivity contribution in [2.75, 3.05) is 5.75 Å². The highest BCUT2D eigenvalue weighted by Crippen LogP contribution is 2.25. The minimum atomic E-state index is -0.558. The number of rotatable bonds is 10. The third-order valence-electron chi connectivity index (χ3n) is 4.83. The Kier molecular flexibility index (Phi) is 10.0. The summed E-state index contributed by atoms with van der Waals surface area (Å²) in [6.07, 6.45) is 1.35. The van der Waals surface area contributed by atoms with Crippen molar-refractivity contribution in [1.82, 2.24) is 10.2 Å². The van der Waals surface area contributed by atoms with Crippen LogP contribution in [0.5, 0.6) is 0 Å². The second-order valence-corrected chi connectivity index (χ2v) is 8.98. The summed E-state index contributed by atoms with van der Waals surface area (Å²) in [7, 11) is 0. The van der Waals surface area contributed by atoms with Gasteiger partial charge in [-0.15, -0.1) is 11.8 Å². The zero-order valence-electron chi connectivity index (χ0n) is 17.5. The second-order valence-electron chi connectivity index (χ2n) is 7.11. The SMILES string of the molecule is CC[C@H](C(=O)N[C@@H](C)CC)N(Cc1ccc(Cl)c(Cl)c1)C(=O)CSc1ccccc1. The molecule has 0 saturated heterocycles. The normalized spacial score (nSPS) is 12.8. The molecule has 2 amide bonds. The van der Waals surface area contributed by atoms with Crippen LogP contribution in [-0.4, -0.2) is 34.6 Å². The van der Waals surface area contributed by atoms with E-state index in [2.05, 4.69) is 5.32 Å². The largest absolute Gasteiger partial charge is 0.352 e. The monoisotopic (exact) mass is 466 g/mol. The Labute approximate surface area is 193 Å². The maximum atomic E-state index is 13.2. The number of carbonyl (C=O) groups excluding carboxylic acids is 2. The zero-order valence-corrected chi connectivity index (χ0v) is 19.9. The Bertz CT molecular complexity index is 848. The quantitative estimate of drug-likeness (QED) is 0.449. The lowest BCUT2D eigenvalue weighted by Gasteiger charge is -2.31. The molecule has 0 aliphatic rings. The summed E-state index contributed by atoms with van der Waals surface area (Å²) in [5.41, 5.74) is 0.831. The van der Waals surface area contributed by atoms with Crippen LogP contribution >= 0.6 is 35.0 Å². The number of thioether (sulfide) groups is 1. The van der Waals surface area contributed by atoms with Crippen molar-refractivity contribution in [2.45, 2.75) is 57.1 Å². The first-order chi connectivity index (χ1) is 14.3. The Balaban J connectivity index is 2.23. The van der Waals surface area contributed by atoms with Crippen LogP contribution < -0.4 is 5.32 Å². The van der Waals surface area contributed by atoms with Crippen molar-refractivity contribution in [1.29, 1.82) is 0 Å². The molecule has 2 aromatic carbocycles. The molecule has 162 valence electrons. The number of hydrogen-bond acceptors (Lipinski definition) is 3. The standard InChI is InChI=1S/C23H28Cl2N2O2S/c1-4-16(3)26-23(29)21(5-2)27(14-17-11-12-19(24)20(25)13-17)22(28)15-30-18-9-7-6-8-10-18/h6-13,16,21H,4-5,14-15H2,1-3H3,(H,26,29)/t16-,21+/m0/s1. The van der Waals surface area contributed by atoms with Crippen molar-refractivity contribution in [3.8, 4) is 0 Å². The van der Waals surface area contributed by atoms with Gasteiger partial charge >= 0.3 is 0 Å². The van der Waals surface area contributed by atoms with Crippen molar-refractivity contribution < 1.29 is 9.59 Å². The van der Waals surface area contributed by atoms with Gasteiger partial charge in [-0.05, 0) is 49.6 Å². The lowest BCUT2D eigenvalue weighted by molar-refractivity contribution is -0.139. The van der Waals surface area contributed by atoms with Gasteiger partial charge in [0.2, 0.25) is 11.8 Å². The summed E-state index contributed by atoms with van der Waals surface area (Å²) < 4.78 is 0. The molecule has 0 heterocycles. The first-order valence-electron chi connectivity index (χ1n) is 10.1. The lowest BCUT2D eigenvalue weighted by Crippen LogP contribution is -2.51. The van der Waals surface area contributed by atoms with Gasteiger partial charge in [0, 0.05) is 17.5 Å². The molecule has 30 heavy (non-hydrogen) atoms. The van der Waals surface area contributed by atoms with Gasteiger partial charge in [-0.2, -0.15) is 0 Å². The van der Waals surface area contributed by atoms with Crippen LogP contribution in [0, 0.1) is 0 Å². The predicted molar refractivity (Wildman–Crippen MR) is 126 cm³/mol. The Morgan fingerprint density at radius 3 is 2.33 bits per heavy atom. The third-order valence-corrected chi connectivity index (χ3v) is 6.57. The van der Waals surface area contributed by atoms with E-state index in [1.165, 1.54) is 11.8 Å². The average Bonchev–Trinajstić information content (AvgIpc) is 2.75. The van der Waals surface area contributed by atoms with Gasteiger partial charge < -0.3 is 10.2 Å². The minimum absolute atomic E-state index is 0.0483. The lowest BCUT2D eigenvalue weighted by atomic mass is 10.1. The topological polar surface area (TPSA) is 49.4 Å². The van der Waals surface area contributed by atoms with Crippen molar-refractivity contribution >= 4 is 46.8 Å². The smallest absolute Gasteiger partial charge is 0.243 e. The number of benzene rings is 2. The van der Waals surface area contributed by atoms with Crippen LogP contribution in [0.3, 0.4) is 0 Å². The molecule has 2 rings (SSSR count). The molecule has 1 N–H and O–H groups in total. The Hall–Kier alpha value is -1.69. The molecular formula is C23H28Cl2N2O2S. The van der Waals surface area contributed by atoms with Crippen molar-refractivity contribution in [2.24, 2.45) is 0 Å². The number of amides is 2. The van der Waals surface area contributed by atoms with E-state index in [1.807, 2.05) is 57.2 Å². The summed E-state index contributed by atoms with van der Waals surface area (Å²) in [6, 6.07) is 14.5. The van der Waals surface area contributed by atoms with E-state index in [1.54, 1.807) is 17.0 Å². The van der Waals surface area contributed by atoms with Crippen LogP contribution in [0.1, 0.15) is 39.2 Å². The fraction of sp³-hybridized carbons (Fsp3) is 0.391. The van der Waals surface area contributed by atoms with Gasteiger partial charge in [0.1, 0.15) is 6.04 Å². The highest BCUT2D eigenvalue weighted by atomic mass is 35.5. The van der Waals surface area contributed by atoms with E-state index >= 15 is 0 Å². The maximum absolute atomic E-state index is 13.2. The highest BCUT2D eigenvalue weighted by molar-refractivity contribution is 8.00. The number of carbonyl (C=O) groups is 2. The molecule has 4 nitrogen and oxygen atoms in total. The molecule has 2 atom stereocenters. The second kappa shape index (κ2) is 12.2. The number of halogens is 2. The number of hydrogen-bond donors (Lipinski definition) is 1. The van der Waals surface area contributed by atoms with E-state index in [0.717, 1.165) is 16.9 Å². The van der Waals surface area contributed by atoms with Crippen LogP contribution in [0.25, 0.3) is 0 Å². The van der Waals surface area contributed by atoms with Crippen molar-refractivity contribution in [3.63, 3.8) is 0 Å². The molecule has 2 aromatic rings. The van der Waals surface area contributed by atoms with E-state index in [0.29, 0.717) is 16.5 Å². The molecule has 7 heteroatoms. The van der Waals surface area contributed by atoms with E-state index < -0.39 is 6.04 Å². The summed E-state index contributed by atoms with van der Waals surface area (Å²) in [5, 5.41) is 3.90. The molecule has 0 radical (unpaired) electrons. The molecule has 0 aliphatic carbocycles. The third kappa shape index (κ3) is 7.22. The molecule has 0 aliphatic heterocycles. The highest BCUT2D eigenvalue weighted by Gasteiger charge is 2.29. The molecule has 0 fully saturated rings. The van der Waals surface area contributed by atoms with Gasteiger partial charge in [-0.3, -0.25) is 9.59 Å². The van der Waals surface area contributed by atoms with E-state index in [9.17, 15) is 9.59 Å². The minimum Gasteiger partial charge on any atom is -0.352 e. The Morgan fingerprint density at radius 2 is 1.73 bits per heavy atom. The number of nitrogens with one attached hydrogen (secondary N) is 1. The zero-order chi connectivity index (χ0) is 22.1. The first-order valence-corrected chi connectivity index (χ1v) is 11.8. The van der Waals surface area contributed by atoms with Gasteiger partial charge in [0.25, 0.3) is 0 Å². The molecular weight excluding hydrogens is 439 g/mol. The van der Waals surface area contributed by atoms with Gasteiger partial charge in [-0.25, -0.2) is 0 Å². The summed E-state index contributed by atoms with van der Waals surface area (Å²) in [5.74, 6) is 0.0179. The van der Waals surface area contributed by atoms with Gasteiger partial charge in [0.15, 0.2) is 0 Å². The van der Waals surface area contributed by atoms with Gasteiger partial charge in [0.05, 0.1) is 15.8 Å². The van der Waals surface area contributed by atoms with Crippen LogP contribution in [0.4, 0.5) is 0 Å². The predicted octanol–water partition coefficient (Wildman–Crippen LogP) is 5.81. The number of nitrogens with zero attached hydrogens (tertiary/aromatic N) is 1. The average molecular weight is 467 g/mol. The summed E-state index contributed by atoms with van der Waals surface area (Å²) in [4.78, 5) is 28.8. The molecule has 0 aromatic heterocycles. The summed E-state index contributed by atoms with van der Waals surface area (Å²) in [6.45, 7) is 6.18. The van der Waals surface area contributed by atoms with Crippen molar-refractivity contribution in [3.05, 3.63) is 64.1 Å². The molecule has 0 saturated carbocycles. The van der Waals surface area contributed by atoms with Crippen LogP contribution in [0.15, 0.2) is 53.4 Å². The van der Waals surface area contributed by atoms with Gasteiger partial charge in [-0.1, -0.05) is 61.3 Å². The molecule has 0 spiro atoms. The van der Waals surface area contributed by atoms with E-state index in [-0.39, 0.29) is 30.2 Å². The van der Waals surface area contributed by atoms with Crippen LogP contribution in [0.2, 0.25) is 10.0 Å².